The number of nitro benzene ring substituents is 1. The minimum absolute atomic E-state index is 0.0808. The Morgan fingerprint density at radius 2 is 1.84 bits per heavy atom. The fraction of sp³-hybridized carbons (Fsp3) is 0.409. The number of hydrogen-bond acceptors (Lipinski definition) is 7. The Labute approximate surface area is 187 Å². The van der Waals surface area contributed by atoms with Crippen LogP contribution < -0.4 is 10.1 Å². The number of Topliss-reactive ketones (excluding diaryl/α,β-unsaturated/α-hetero) is 1. The van der Waals surface area contributed by atoms with Crippen LogP contribution in [0.25, 0.3) is 0 Å². The zero-order valence-corrected chi connectivity index (χ0v) is 18.8. The van der Waals surface area contributed by atoms with Crippen LogP contribution in [0.3, 0.4) is 0 Å². The molecule has 1 N–H and O–H groups in total. The molecule has 0 bridgehead atoms. The van der Waals surface area contributed by atoms with Crippen LogP contribution >= 0.6 is 0 Å². The van der Waals surface area contributed by atoms with Gasteiger partial charge in [-0.1, -0.05) is 25.0 Å². The van der Waals surface area contributed by atoms with E-state index >= 15 is 0 Å². The molecule has 3 rings (SSSR count). The number of carbonyl (C=O) groups is 1. The standard InChI is InChI=1S/C22H27N3O6S/c1-2-31-18-10-11-20(21(15-18)25(27)28)23-16-22(26)17-8-7-9-19(14-17)32(29,30)24-12-5-3-4-6-13-24/h7-11,14-15,23H,2-6,12-13,16H2,1H3. The highest BCUT2D eigenvalue weighted by Gasteiger charge is 2.26. The number of ketones is 1. The van der Waals surface area contributed by atoms with E-state index < -0.39 is 14.9 Å². The molecule has 1 saturated heterocycles. The summed E-state index contributed by atoms with van der Waals surface area (Å²) in [5.74, 6) is -0.0106. The number of nitro groups is 1. The van der Waals surface area contributed by atoms with Gasteiger partial charge in [0.2, 0.25) is 10.0 Å². The molecule has 10 heteroatoms. The third kappa shape index (κ3) is 5.63. The zero-order chi connectivity index (χ0) is 23.1. The van der Waals surface area contributed by atoms with Gasteiger partial charge in [0.15, 0.2) is 5.78 Å². The van der Waals surface area contributed by atoms with Crippen LogP contribution in [-0.4, -0.2) is 49.7 Å². The van der Waals surface area contributed by atoms with Crippen LogP contribution in [0.5, 0.6) is 5.75 Å². The third-order valence-corrected chi connectivity index (χ3v) is 7.17. The molecular weight excluding hydrogens is 434 g/mol. The summed E-state index contributed by atoms with van der Waals surface area (Å²) in [6, 6.07) is 10.3. The van der Waals surface area contributed by atoms with Crippen LogP contribution in [0.15, 0.2) is 47.4 Å². The van der Waals surface area contributed by atoms with Gasteiger partial charge >= 0.3 is 0 Å². The normalized spacial score (nSPS) is 15.0. The Balaban J connectivity index is 1.75. The number of rotatable bonds is 9. The van der Waals surface area contributed by atoms with Crippen molar-refractivity contribution in [1.82, 2.24) is 4.31 Å². The third-order valence-electron chi connectivity index (χ3n) is 5.28. The lowest BCUT2D eigenvalue weighted by atomic mass is 10.1. The van der Waals surface area contributed by atoms with Gasteiger partial charge in [0.1, 0.15) is 11.4 Å². The maximum Gasteiger partial charge on any atom is 0.296 e. The molecule has 0 spiro atoms. The summed E-state index contributed by atoms with van der Waals surface area (Å²) < 4.78 is 32.8. The maximum absolute atomic E-state index is 13.0. The predicted molar refractivity (Wildman–Crippen MR) is 121 cm³/mol. The summed E-state index contributed by atoms with van der Waals surface area (Å²) in [5.41, 5.74) is 0.198. The maximum atomic E-state index is 13.0. The summed E-state index contributed by atoms with van der Waals surface area (Å²) >= 11 is 0. The molecule has 9 nitrogen and oxygen atoms in total. The highest BCUT2D eigenvalue weighted by molar-refractivity contribution is 7.89. The lowest BCUT2D eigenvalue weighted by Crippen LogP contribution is -2.32. The molecule has 1 aliphatic heterocycles. The molecule has 0 saturated carbocycles. The molecule has 0 aromatic heterocycles. The monoisotopic (exact) mass is 461 g/mol. The smallest absolute Gasteiger partial charge is 0.296 e. The quantitative estimate of drug-likeness (QED) is 0.342. The van der Waals surface area contributed by atoms with Gasteiger partial charge in [0.05, 0.1) is 29.0 Å². The van der Waals surface area contributed by atoms with E-state index in [1.807, 2.05) is 0 Å². The molecule has 0 unspecified atom stereocenters. The Morgan fingerprint density at radius 3 is 2.50 bits per heavy atom. The fourth-order valence-electron chi connectivity index (χ4n) is 3.61. The number of ether oxygens (including phenoxy) is 1. The molecule has 1 heterocycles. The highest BCUT2D eigenvalue weighted by atomic mass is 32.2. The Bertz CT molecular complexity index is 1080. The lowest BCUT2D eigenvalue weighted by molar-refractivity contribution is -0.384. The summed E-state index contributed by atoms with van der Waals surface area (Å²) in [6.07, 6.45) is 3.66. The van der Waals surface area contributed by atoms with Gasteiger partial charge in [-0.3, -0.25) is 14.9 Å². The van der Waals surface area contributed by atoms with Crippen LogP contribution in [0, 0.1) is 10.1 Å². The molecule has 0 radical (unpaired) electrons. The van der Waals surface area contributed by atoms with Gasteiger partial charge in [-0.2, -0.15) is 4.31 Å². The van der Waals surface area contributed by atoms with E-state index in [0.29, 0.717) is 25.4 Å². The van der Waals surface area contributed by atoms with Gasteiger partial charge in [-0.25, -0.2) is 8.42 Å². The van der Waals surface area contributed by atoms with Crippen LogP contribution in [0.4, 0.5) is 11.4 Å². The lowest BCUT2D eigenvalue weighted by Gasteiger charge is -2.20. The molecular formula is C22H27N3O6S. The predicted octanol–water partition coefficient (Wildman–Crippen LogP) is 3.85. The second-order valence-electron chi connectivity index (χ2n) is 7.49. The van der Waals surface area contributed by atoms with Crippen LogP contribution in [0.1, 0.15) is 43.0 Å². The highest BCUT2D eigenvalue weighted by Crippen LogP contribution is 2.29. The summed E-state index contributed by atoms with van der Waals surface area (Å²) in [7, 11) is -3.68. The van der Waals surface area contributed by atoms with Crippen molar-refractivity contribution < 1.29 is 22.9 Å². The van der Waals surface area contributed by atoms with Crippen molar-refractivity contribution in [2.75, 3.05) is 31.6 Å². The average molecular weight is 462 g/mol. The van der Waals surface area contributed by atoms with Gasteiger partial charge in [-0.15, -0.1) is 0 Å². The minimum Gasteiger partial charge on any atom is -0.494 e. The summed E-state index contributed by atoms with van der Waals surface area (Å²) in [6.45, 7) is 2.88. The Morgan fingerprint density at radius 1 is 1.12 bits per heavy atom. The van der Waals surface area contributed by atoms with Crippen molar-refractivity contribution in [2.45, 2.75) is 37.5 Å². The van der Waals surface area contributed by atoms with Crippen molar-refractivity contribution in [3.8, 4) is 5.75 Å². The second kappa shape index (κ2) is 10.6. The van der Waals surface area contributed by atoms with E-state index in [4.69, 9.17) is 4.74 Å². The van der Waals surface area contributed by atoms with E-state index in [2.05, 4.69) is 5.32 Å². The number of nitrogens with one attached hydrogen (secondary N) is 1. The Kier molecular flexibility index (Phi) is 7.81. The van der Waals surface area contributed by atoms with Crippen molar-refractivity contribution in [3.63, 3.8) is 0 Å². The van der Waals surface area contributed by atoms with E-state index in [1.54, 1.807) is 13.0 Å². The minimum atomic E-state index is -3.68. The SMILES string of the molecule is CCOc1ccc(NCC(=O)c2cccc(S(=O)(=O)N3CCCCCC3)c2)c([N+](=O)[O-])c1. The first-order chi connectivity index (χ1) is 15.3. The molecule has 0 amide bonds. The van der Waals surface area contributed by atoms with Crippen molar-refractivity contribution >= 4 is 27.2 Å². The summed E-state index contributed by atoms with van der Waals surface area (Å²) in [5, 5.41) is 14.2. The van der Waals surface area contributed by atoms with E-state index in [9.17, 15) is 23.3 Å². The number of hydrogen-bond donors (Lipinski definition) is 1. The van der Waals surface area contributed by atoms with Crippen LogP contribution in [-0.2, 0) is 10.0 Å². The van der Waals surface area contributed by atoms with Crippen LogP contribution in [0.2, 0.25) is 0 Å². The molecule has 0 aliphatic carbocycles. The van der Waals surface area contributed by atoms with E-state index in [1.165, 1.54) is 40.7 Å². The number of carbonyl (C=O) groups excluding carboxylic acids is 1. The fourth-order valence-corrected chi connectivity index (χ4v) is 5.17. The Hall–Kier alpha value is -2.98. The average Bonchev–Trinajstić information content (AvgIpc) is 3.08. The molecule has 2 aromatic rings. The second-order valence-corrected chi connectivity index (χ2v) is 9.43. The molecule has 1 aliphatic rings. The first-order valence-electron chi connectivity index (χ1n) is 10.6. The first-order valence-corrected chi connectivity index (χ1v) is 12.1. The van der Waals surface area contributed by atoms with Gasteiger partial charge < -0.3 is 10.1 Å². The topological polar surface area (TPSA) is 119 Å². The van der Waals surface area contributed by atoms with Crippen molar-refractivity contribution in [2.24, 2.45) is 0 Å². The van der Waals surface area contributed by atoms with E-state index in [-0.39, 0.29) is 34.2 Å². The van der Waals surface area contributed by atoms with Gasteiger partial charge in [-0.05, 0) is 44.0 Å². The molecule has 32 heavy (non-hydrogen) atoms. The number of nitrogens with zero attached hydrogens (tertiary/aromatic N) is 2. The number of sulfonamides is 1. The molecule has 1 fully saturated rings. The number of benzene rings is 2. The number of anilines is 1. The molecule has 172 valence electrons. The van der Waals surface area contributed by atoms with Gasteiger partial charge in [0.25, 0.3) is 5.69 Å². The summed E-state index contributed by atoms with van der Waals surface area (Å²) in [4.78, 5) is 23.6. The van der Waals surface area contributed by atoms with Crippen molar-refractivity contribution in [3.05, 3.63) is 58.1 Å². The largest absolute Gasteiger partial charge is 0.494 e. The zero-order valence-electron chi connectivity index (χ0n) is 18.0. The van der Waals surface area contributed by atoms with Crippen molar-refractivity contribution in [1.29, 1.82) is 0 Å². The first kappa shape index (κ1) is 23.7. The van der Waals surface area contributed by atoms with E-state index in [0.717, 1.165) is 25.7 Å². The molecule has 2 aromatic carbocycles. The van der Waals surface area contributed by atoms with Gasteiger partial charge in [0, 0.05) is 18.7 Å². The molecule has 0 atom stereocenters.